The van der Waals surface area contributed by atoms with Gasteiger partial charge in [-0.1, -0.05) is 12.1 Å². The van der Waals surface area contributed by atoms with E-state index in [2.05, 4.69) is 38.3 Å². The largest absolute Gasteiger partial charge is 0.395 e. The second-order valence-electron chi connectivity index (χ2n) is 7.19. The van der Waals surface area contributed by atoms with Gasteiger partial charge in [-0.15, -0.1) is 0 Å². The van der Waals surface area contributed by atoms with E-state index in [4.69, 9.17) is 5.11 Å². The molecule has 1 saturated heterocycles. The number of nitrogens with one attached hydrogen (secondary N) is 1. The first-order chi connectivity index (χ1) is 12.4. The van der Waals surface area contributed by atoms with Crippen molar-refractivity contribution in [3.8, 4) is 0 Å². The zero-order valence-corrected chi connectivity index (χ0v) is 14.8. The molecule has 0 aliphatic carbocycles. The van der Waals surface area contributed by atoms with Crippen molar-refractivity contribution in [1.82, 2.24) is 15.2 Å². The number of aromatic nitrogens is 1. The molecule has 134 valence electrons. The Balaban J connectivity index is 1.49. The van der Waals surface area contributed by atoms with Crippen LogP contribution in [0.4, 0.5) is 5.69 Å². The maximum Gasteiger partial charge on any atom is 0.0555 e. The van der Waals surface area contributed by atoms with Crippen LogP contribution in [0, 0.1) is 0 Å². The van der Waals surface area contributed by atoms with Crippen LogP contribution in [0.5, 0.6) is 0 Å². The van der Waals surface area contributed by atoms with Gasteiger partial charge in [0.15, 0.2) is 0 Å². The summed E-state index contributed by atoms with van der Waals surface area (Å²) in [5.41, 5.74) is 2.79. The molecule has 0 amide bonds. The minimum absolute atomic E-state index is 0.217. The van der Waals surface area contributed by atoms with E-state index in [0.29, 0.717) is 12.6 Å². The molecule has 1 atom stereocenters. The SMILES string of the molecule is OCCNCCN1CCCC(N2CCc3cncc4cccc2c34)C1. The fourth-order valence-electron chi connectivity index (χ4n) is 4.39. The predicted octanol–water partition coefficient (Wildman–Crippen LogP) is 1.64. The van der Waals surface area contributed by atoms with Gasteiger partial charge >= 0.3 is 0 Å². The van der Waals surface area contributed by atoms with Crippen molar-refractivity contribution in [2.24, 2.45) is 0 Å². The zero-order valence-electron chi connectivity index (χ0n) is 14.8. The minimum atomic E-state index is 0.217. The summed E-state index contributed by atoms with van der Waals surface area (Å²) in [5, 5.41) is 14.8. The molecule has 3 heterocycles. The van der Waals surface area contributed by atoms with Crippen LogP contribution in [-0.2, 0) is 6.42 Å². The molecule has 1 aromatic heterocycles. The fourth-order valence-corrected chi connectivity index (χ4v) is 4.39. The average molecular weight is 340 g/mol. The lowest BCUT2D eigenvalue weighted by molar-refractivity contribution is 0.202. The molecule has 2 aliphatic heterocycles. The Bertz CT molecular complexity index is 715. The van der Waals surface area contributed by atoms with E-state index in [9.17, 15) is 0 Å². The number of likely N-dealkylation sites (tertiary alicyclic amines) is 1. The number of pyridine rings is 1. The van der Waals surface area contributed by atoms with Gasteiger partial charge in [0.25, 0.3) is 0 Å². The van der Waals surface area contributed by atoms with Crippen LogP contribution in [0.25, 0.3) is 10.8 Å². The standard InChI is InChI=1S/C20H28N4O/c25-12-8-21-7-11-23-9-2-4-18(15-23)24-10-6-17-14-22-13-16-3-1-5-19(24)20(16)17/h1,3,5,13-14,18,21,25H,2,4,6-12,15H2. The summed E-state index contributed by atoms with van der Waals surface area (Å²) in [6, 6.07) is 7.23. The molecule has 2 aromatic rings. The minimum Gasteiger partial charge on any atom is -0.395 e. The second kappa shape index (κ2) is 7.68. The normalized spacial score (nSPS) is 21.0. The highest BCUT2D eigenvalue weighted by atomic mass is 16.3. The molecular weight excluding hydrogens is 312 g/mol. The monoisotopic (exact) mass is 340 g/mol. The van der Waals surface area contributed by atoms with Gasteiger partial charge in [-0.2, -0.15) is 0 Å². The predicted molar refractivity (Wildman–Crippen MR) is 102 cm³/mol. The van der Waals surface area contributed by atoms with E-state index < -0.39 is 0 Å². The molecule has 2 aliphatic rings. The van der Waals surface area contributed by atoms with Gasteiger partial charge in [0.2, 0.25) is 0 Å². The number of aliphatic hydroxyl groups is 1. The van der Waals surface area contributed by atoms with Crippen LogP contribution in [-0.4, -0.2) is 66.9 Å². The molecule has 0 bridgehead atoms. The summed E-state index contributed by atoms with van der Waals surface area (Å²) in [6.07, 6.45) is 7.67. The Morgan fingerprint density at radius 3 is 3.08 bits per heavy atom. The average Bonchev–Trinajstić information content (AvgIpc) is 2.66. The van der Waals surface area contributed by atoms with E-state index in [-0.39, 0.29) is 6.61 Å². The molecule has 5 heteroatoms. The molecule has 2 N–H and O–H groups in total. The molecule has 5 nitrogen and oxygen atoms in total. The first-order valence-electron chi connectivity index (χ1n) is 9.53. The highest BCUT2D eigenvalue weighted by Gasteiger charge is 2.28. The van der Waals surface area contributed by atoms with Crippen molar-refractivity contribution in [3.63, 3.8) is 0 Å². The molecule has 0 spiro atoms. The maximum atomic E-state index is 8.88. The highest BCUT2D eigenvalue weighted by molar-refractivity contribution is 5.97. The van der Waals surface area contributed by atoms with Gasteiger partial charge in [-0.25, -0.2) is 0 Å². The van der Waals surface area contributed by atoms with Gasteiger partial charge in [0.05, 0.1) is 6.61 Å². The first kappa shape index (κ1) is 16.8. The Kier molecular flexibility index (Phi) is 5.15. The van der Waals surface area contributed by atoms with Gasteiger partial charge in [-0.3, -0.25) is 4.98 Å². The van der Waals surface area contributed by atoms with Gasteiger partial charge < -0.3 is 20.2 Å². The van der Waals surface area contributed by atoms with Crippen LogP contribution < -0.4 is 10.2 Å². The van der Waals surface area contributed by atoms with Crippen LogP contribution in [0.2, 0.25) is 0 Å². The van der Waals surface area contributed by atoms with E-state index in [1.165, 1.54) is 41.4 Å². The molecule has 4 rings (SSSR count). The molecule has 0 radical (unpaired) electrons. The van der Waals surface area contributed by atoms with Gasteiger partial charge in [0, 0.05) is 67.6 Å². The van der Waals surface area contributed by atoms with Gasteiger partial charge in [0.1, 0.15) is 0 Å². The lowest BCUT2D eigenvalue weighted by atomic mass is 9.95. The third-order valence-corrected chi connectivity index (χ3v) is 5.59. The van der Waals surface area contributed by atoms with Crippen molar-refractivity contribution in [3.05, 3.63) is 36.2 Å². The van der Waals surface area contributed by atoms with Crippen molar-refractivity contribution in [1.29, 1.82) is 0 Å². The summed E-state index contributed by atoms with van der Waals surface area (Å²) < 4.78 is 0. The van der Waals surface area contributed by atoms with Crippen LogP contribution in [0.3, 0.4) is 0 Å². The molecule has 0 saturated carbocycles. The number of nitrogens with zero attached hydrogens (tertiary/aromatic N) is 3. The van der Waals surface area contributed by atoms with Crippen LogP contribution in [0.15, 0.2) is 30.6 Å². The Morgan fingerprint density at radius 2 is 2.16 bits per heavy atom. The van der Waals surface area contributed by atoms with Crippen molar-refractivity contribution in [2.75, 3.05) is 50.8 Å². The quantitative estimate of drug-likeness (QED) is 0.783. The summed E-state index contributed by atoms with van der Waals surface area (Å²) >= 11 is 0. The third kappa shape index (κ3) is 3.50. The number of rotatable bonds is 6. The van der Waals surface area contributed by atoms with E-state index in [0.717, 1.165) is 32.6 Å². The molecular formula is C20H28N4O. The van der Waals surface area contributed by atoms with E-state index in [1.807, 2.05) is 12.4 Å². The van der Waals surface area contributed by atoms with Gasteiger partial charge in [-0.05, 0) is 37.4 Å². The van der Waals surface area contributed by atoms with Crippen LogP contribution >= 0.6 is 0 Å². The molecule has 1 fully saturated rings. The number of hydrogen-bond donors (Lipinski definition) is 2. The Hall–Kier alpha value is -1.69. The number of hydrogen-bond acceptors (Lipinski definition) is 5. The van der Waals surface area contributed by atoms with Crippen molar-refractivity contribution in [2.45, 2.75) is 25.3 Å². The number of piperidine rings is 1. The maximum absolute atomic E-state index is 8.88. The lowest BCUT2D eigenvalue weighted by Crippen LogP contribution is -2.50. The number of anilines is 1. The Morgan fingerprint density at radius 1 is 1.20 bits per heavy atom. The summed E-state index contributed by atoms with van der Waals surface area (Å²) in [6.45, 7) is 6.35. The highest BCUT2D eigenvalue weighted by Crippen LogP contribution is 2.35. The first-order valence-corrected chi connectivity index (χ1v) is 9.53. The number of benzene rings is 1. The summed E-state index contributed by atoms with van der Waals surface area (Å²) in [7, 11) is 0. The number of aliphatic hydroxyl groups excluding tert-OH is 1. The summed E-state index contributed by atoms with van der Waals surface area (Å²) in [4.78, 5) is 9.62. The summed E-state index contributed by atoms with van der Waals surface area (Å²) in [5.74, 6) is 0. The van der Waals surface area contributed by atoms with Crippen molar-refractivity contribution >= 4 is 16.5 Å². The third-order valence-electron chi connectivity index (χ3n) is 5.59. The molecule has 1 aromatic carbocycles. The molecule has 25 heavy (non-hydrogen) atoms. The topological polar surface area (TPSA) is 51.6 Å². The second-order valence-corrected chi connectivity index (χ2v) is 7.19. The fraction of sp³-hybridized carbons (Fsp3) is 0.550. The van der Waals surface area contributed by atoms with E-state index >= 15 is 0 Å². The zero-order chi connectivity index (χ0) is 17.1. The lowest BCUT2D eigenvalue weighted by Gasteiger charge is -2.43. The smallest absolute Gasteiger partial charge is 0.0555 e. The van der Waals surface area contributed by atoms with Crippen molar-refractivity contribution < 1.29 is 5.11 Å². The molecule has 1 unspecified atom stereocenters. The Labute approximate surface area is 149 Å². The van der Waals surface area contributed by atoms with E-state index in [1.54, 1.807) is 0 Å². The van der Waals surface area contributed by atoms with Crippen LogP contribution in [0.1, 0.15) is 18.4 Å².